The second kappa shape index (κ2) is 8.94. The summed E-state index contributed by atoms with van der Waals surface area (Å²) in [5.41, 5.74) is 8.42. The van der Waals surface area contributed by atoms with E-state index < -0.39 is 35.6 Å². The Balaban J connectivity index is 1.82. The van der Waals surface area contributed by atoms with Crippen LogP contribution in [0.2, 0.25) is 0 Å². The summed E-state index contributed by atoms with van der Waals surface area (Å²) in [6, 6.07) is 2.08. The van der Waals surface area contributed by atoms with Gasteiger partial charge in [-0.15, -0.1) is 11.3 Å². The van der Waals surface area contributed by atoms with Crippen LogP contribution in [0.5, 0.6) is 5.75 Å². The van der Waals surface area contributed by atoms with Gasteiger partial charge in [0.15, 0.2) is 5.75 Å². The largest absolute Gasteiger partial charge is 0.465 e. The maximum atomic E-state index is 15.6. The SMILES string of the molecule is COC(=O)c1cn(C2CC2)c2c(OC(F)F)c(-c3cc4c(s3)C(N=[N+]=[N-])CCC4)c(F)cc2c1=O. The quantitative estimate of drug-likeness (QED) is 0.170. The van der Waals surface area contributed by atoms with Crippen LogP contribution in [-0.4, -0.2) is 24.3 Å². The summed E-state index contributed by atoms with van der Waals surface area (Å²) in [6.45, 7) is -3.28. The normalized spacial score (nSPS) is 17.2. The zero-order chi connectivity index (χ0) is 24.9. The molecular weight excluding hydrogens is 485 g/mol. The maximum Gasteiger partial charge on any atom is 0.387 e. The van der Waals surface area contributed by atoms with Crippen molar-refractivity contribution >= 4 is 28.2 Å². The number of carbonyl (C=O) groups excluding carboxylic acids is 1. The Kier molecular flexibility index (Phi) is 5.94. The van der Waals surface area contributed by atoms with Crippen LogP contribution in [0, 0.1) is 5.82 Å². The second-order valence-electron chi connectivity index (χ2n) is 8.45. The molecule has 8 nitrogen and oxygen atoms in total. The number of esters is 1. The van der Waals surface area contributed by atoms with Crippen LogP contribution in [0.4, 0.5) is 13.2 Å². The van der Waals surface area contributed by atoms with Gasteiger partial charge in [-0.3, -0.25) is 4.79 Å². The van der Waals surface area contributed by atoms with Crippen molar-refractivity contribution in [1.82, 2.24) is 4.57 Å². The van der Waals surface area contributed by atoms with E-state index in [2.05, 4.69) is 14.8 Å². The first-order valence-electron chi connectivity index (χ1n) is 11.0. The molecule has 1 atom stereocenters. The molecule has 0 amide bonds. The maximum absolute atomic E-state index is 15.6. The van der Waals surface area contributed by atoms with E-state index in [1.165, 1.54) is 10.8 Å². The number of hydrogen-bond acceptors (Lipinski definition) is 6. The van der Waals surface area contributed by atoms with Crippen molar-refractivity contribution in [2.24, 2.45) is 5.11 Å². The number of rotatable bonds is 6. The van der Waals surface area contributed by atoms with Crippen LogP contribution in [0.15, 0.2) is 28.2 Å². The molecule has 182 valence electrons. The van der Waals surface area contributed by atoms with E-state index >= 15 is 4.39 Å². The highest BCUT2D eigenvalue weighted by molar-refractivity contribution is 7.15. The van der Waals surface area contributed by atoms with Gasteiger partial charge in [0.2, 0.25) is 5.43 Å². The van der Waals surface area contributed by atoms with Gasteiger partial charge in [-0.25, -0.2) is 9.18 Å². The van der Waals surface area contributed by atoms with Crippen molar-refractivity contribution in [2.45, 2.75) is 50.8 Å². The molecular formula is C23H19F3N4O4S. The Labute approximate surface area is 200 Å². The molecule has 0 bridgehead atoms. The van der Waals surface area contributed by atoms with Crippen molar-refractivity contribution in [3.63, 3.8) is 0 Å². The number of aryl methyl sites for hydroxylation is 1. The van der Waals surface area contributed by atoms with Crippen LogP contribution in [0.1, 0.15) is 58.6 Å². The molecule has 1 saturated carbocycles. The summed E-state index contributed by atoms with van der Waals surface area (Å²) in [5, 5.41) is 3.58. The molecule has 0 N–H and O–H groups in total. The van der Waals surface area contributed by atoms with Gasteiger partial charge in [0.25, 0.3) is 0 Å². The number of hydrogen-bond donors (Lipinski definition) is 0. The van der Waals surface area contributed by atoms with E-state index in [1.54, 1.807) is 6.07 Å². The fourth-order valence-corrected chi connectivity index (χ4v) is 5.94. The number of methoxy groups -OCH3 is 1. The van der Waals surface area contributed by atoms with Crippen LogP contribution in [0.3, 0.4) is 0 Å². The molecule has 1 fully saturated rings. The zero-order valence-corrected chi connectivity index (χ0v) is 19.3. The van der Waals surface area contributed by atoms with Crippen LogP contribution in [0.25, 0.3) is 31.8 Å². The van der Waals surface area contributed by atoms with Gasteiger partial charge >= 0.3 is 12.6 Å². The Morgan fingerprint density at radius 1 is 1.31 bits per heavy atom. The average molecular weight is 504 g/mol. The molecule has 0 spiro atoms. The minimum absolute atomic E-state index is 0.000166. The van der Waals surface area contributed by atoms with Crippen LogP contribution >= 0.6 is 11.3 Å². The van der Waals surface area contributed by atoms with Gasteiger partial charge in [-0.05, 0) is 55.3 Å². The molecule has 2 aliphatic rings. The van der Waals surface area contributed by atoms with Crippen LogP contribution in [-0.2, 0) is 11.2 Å². The summed E-state index contributed by atoms with van der Waals surface area (Å²) >= 11 is 1.15. The lowest BCUT2D eigenvalue weighted by molar-refractivity contribution is -0.0487. The Morgan fingerprint density at radius 3 is 2.74 bits per heavy atom. The predicted octanol–water partition coefficient (Wildman–Crippen LogP) is 6.28. The van der Waals surface area contributed by atoms with Crippen molar-refractivity contribution in [2.75, 3.05) is 7.11 Å². The highest BCUT2D eigenvalue weighted by atomic mass is 32.1. The molecule has 0 saturated heterocycles. The van der Waals surface area contributed by atoms with E-state index in [0.717, 1.165) is 41.4 Å². The number of azide groups is 1. The number of nitrogens with zero attached hydrogens (tertiary/aromatic N) is 4. The Bertz CT molecular complexity index is 1460. The molecule has 0 radical (unpaired) electrons. The minimum atomic E-state index is -3.28. The molecule has 1 aromatic carbocycles. The molecule has 3 aromatic rings. The van der Waals surface area contributed by atoms with Gasteiger partial charge in [0, 0.05) is 26.9 Å². The summed E-state index contributed by atoms with van der Waals surface area (Å²) in [6.07, 6.45) is 4.74. The topological polar surface area (TPSA) is 106 Å². The third-order valence-electron chi connectivity index (χ3n) is 6.28. The first kappa shape index (κ1) is 23.3. The number of carbonyl (C=O) groups is 1. The smallest absolute Gasteiger partial charge is 0.387 e. The van der Waals surface area contributed by atoms with Crippen molar-refractivity contribution in [3.8, 4) is 16.2 Å². The lowest BCUT2D eigenvalue weighted by atomic mass is 9.95. The molecule has 2 aliphatic carbocycles. The van der Waals surface area contributed by atoms with Gasteiger partial charge in [0.1, 0.15) is 11.4 Å². The summed E-state index contributed by atoms with van der Waals surface area (Å²) in [5.74, 6) is -2.30. The highest BCUT2D eigenvalue weighted by Gasteiger charge is 2.33. The third-order valence-corrected chi connectivity index (χ3v) is 7.58. The fraction of sp³-hybridized carbons (Fsp3) is 0.391. The van der Waals surface area contributed by atoms with E-state index in [4.69, 9.17) is 10.3 Å². The van der Waals surface area contributed by atoms with Gasteiger partial charge in [-0.1, -0.05) is 5.11 Å². The number of alkyl halides is 2. The number of ether oxygens (including phenoxy) is 2. The Morgan fingerprint density at radius 2 is 2.09 bits per heavy atom. The first-order chi connectivity index (χ1) is 16.8. The molecule has 0 aliphatic heterocycles. The van der Waals surface area contributed by atoms with Crippen molar-refractivity contribution in [1.29, 1.82) is 0 Å². The number of pyridine rings is 1. The predicted molar refractivity (Wildman–Crippen MR) is 123 cm³/mol. The molecule has 2 aromatic heterocycles. The van der Waals surface area contributed by atoms with E-state index in [0.29, 0.717) is 30.6 Å². The van der Waals surface area contributed by atoms with E-state index in [-0.39, 0.29) is 28.1 Å². The third kappa shape index (κ3) is 4.02. The average Bonchev–Trinajstić information content (AvgIpc) is 3.57. The van der Waals surface area contributed by atoms with Crippen LogP contribution < -0.4 is 10.2 Å². The van der Waals surface area contributed by atoms with Crippen molar-refractivity contribution < 1.29 is 27.4 Å². The standard InChI is InChI=1S/C23H19F3N4O4S/c1-33-22(32)13-9-30(11-5-6-11)18-12(19(13)31)8-14(24)17(20(18)34-23(25)26)16-7-10-3-2-4-15(28-29-27)21(10)35-16/h7-9,11,15,23H,2-6H2,1H3. The monoisotopic (exact) mass is 504 g/mol. The lowest BCUT2D eigenvalue weighted by Crippen LogP contribution is -2.21. The van der Waals surface area contributed by atoms with E-state index in [9.17, 15) is 18.4 Å². The van der Waals surface area contributed by atoms with Gasteiger partial charge in [-0.2, -0.15) is 8.78 Å². The Hall–Kier alpha value is -3.50. The summed E-state index contributed by atoms with van der Waals surface area (Å²) < 4.78 is 53.9. The molecule has 35 heavy (non-hydrogen) atoms. The van der Waals surface area contributed by atoms with Gasteiger partial charge < -0.3 is 14.0 Å². The first-order valence-corrected chi connectivity index (χ1v) is 11.8. The summed E-state index contributed by atoms with van der Waals surface area (Å²) in [4.78, 5) is 29.2. The van der Waals surface area contributed by atoms with E-state index in [1.807, 2.05) is 0 Å². The minimum Gasteiger partial charge on any atom is -0.465 e. The fourth-order valence-electron chi connectivity index (χ4n) is 4.62. The van der Waals surface area contributed by atoms with Gasteiger partial charge in [0.05, 0.1) is 29.6 Å². The molecule has 12 heteroatoms. The zero-order valence-electron chi connectivity index (χ0n) is 18.5. The summed E-state index contributed by atoms with van der Waals surface area (Å²) in [7, 11) is 1.12. The molecule has 2 heterocycles. The number of aromatic nitrogens is 1. The molecule has 5 rings (SSSR count). The highest BCUT2D eigenvalue weighted by Crippen LogP contribution is 2.48. The number of benzene rings is 1. The lowest BCUT2D eigenvalue weighted by Gasteiger charge is -2.19. The second-order valence-corrected chi connectivity index (χ2v) is 9.54. The number of fused-ring (bicyclic) bond motifs is 2. The van der Waals surface area contributed by atoms with Crippen molar-refractivity contribution in [3.05, 3.63) is 60.8 Å². The molecule has 1 unspecified atom stereocenters. The number of halogens is 3. The number of thiophene rings is 1.